The Labute approximate surface area is 136 Å². The number of thiophene rings is 1. The number of rotatable bonds is 2. The molecule has 1 unspecified atom stereocenters. The van der Waals surface area contributed by atoms with Crippen molar-refractivity contribution in [3.05, 3.63) is 60.2 Å². The first-order valence-electron chi connectivity index (χ1n) is 6.72. The molecule has 3 rings (SSSR count). The Bertz CT molecular complexity index is 776. The highest BCUT2D eigenvalue weighted by Gasteiger charge is 2.48. The fourth-order valence-corrected chi connectivity index (χ4v) is 4.45. The molecule has 0 aliphatic carbocycles. The summed E-state index contributed by atoms with van der Waals surface area (Å²) in [4.78, 5) is 0.367. The lowest BCUT2D eigenvalue weighted by Crippen LogP contribution is -3.00. The molecule has 0 aliphatic rings. The first kappa shape index (κ1) is 16.8. The van der Waals surface area contributed by atoms with Gasteiger partial charge in [0.2, 0.25) is 0 Å². The van der Waals surface area contributed by atoms with Gasteiger partial charge in [0.15, 0.2) is 9.58 Å². The molecule has 0 N–H and O–H groups in total. The van der Waals surface area contributed by atoms with E-state index in [1.165, 1.54) is 0 Å². The van der Waals surface area contributed by atoms with Gasteiger partial charge in [0.05, 0.1) is 0 Å². The van der Waals surface area contributed by atoms with Gasteiger partial charge in [0, 0.05) is 23.1 Å². The molecule has 3 aromatic rings. The lowest BCUT2D eigenvalue weighted by molar-refractivity contribution is -0.0864. The summed E-state index contributed by atoms with van der Waals surface area (Å²) >= 11 is 0. The number of hydrogen-bond donors (Lipinski definition) is 0. The molecule has 1 atom stereocenters. The van der Waals surface area contributed by atoms with Gasteiger partial charge in [-0.25, -0.2) is 0 Å². The monoisotopic (exact) mass is 342 g/mol. The van der Waals surface area contributed by atoms with Crippen molar-refractivity contribution in [2.75, 3.05) is 0 Å². The van der Waals surface area contributed by atoms with Gasteiger partial charge >= 0.3 is 5.51 Å². The predicted molar refractivity (Wildman–Crippen MR) is 82.5 cm³/mol. The molecule has 0 bridgehead atoms. The summed E-state index contributed by atoms with van der Waals surface area (Å²) in [5.74, 6) is 0. The Kier molecular flexibility index (Phi) is 4.83. The molecule has 0 spiro atoms. The lowest BCUT2D eigenvalue weighted by atomic mass is 10.1. The Hall–Kier alpha value is -1.52. The minimum atomic E-state index is -4.25. The molecule has 0 amide bonds. The zero-order valence-corrected chi connectivity index (χ0v) is 13.4. The van der Waals surface area contributed by atoms with E-state index in [-0.39, 0.29) is 12.4 Å². The number of alkyl halides is 3. The van der Waals surface area contributed by atoms with Crippen molar-refractivity contribution >= 4 is 20.6 Å². The van der Waals surface area contributed by atoms with E-state index in [1.807, 2.05) is 19.1 Å². The average Bonchev–Trinajstić information content (AvgIpc) is 2.86. The second kappa shape index (κ2) is 6.31. The van der Waals surface area contributed by atoms with Crippen LogP contribution in [0.25, 0.3) is 20.5 Å². The van der Waals surface area contributed by atoms with Crippen molar-refractivity contribution in [3.63, 3.8) is 0 Å². The van der Waals surface area contributed by atoms with Crippen molar-refractivity contribution in [2.45, 2.75) is 18.9 Å². The Morgan fingerprint density at radius 3 is 2.23 bits per heavy atom. The fourth-order valence-electron chi connectivity index (χ4n) is 2.47. The van der Waals surface area contributed by atoms with Crippen LogP contribution in [-0.2, 0) is 11.9 Å². The maximum atomic E-state index is 13.6. The number of halogens is 4. The summed E-state index contributed by atoms with van der Waals surface area (Å²) < 4.78 is 41.2. The minimum Gasteiger partial charge on any atom is -1.00 e. The third kappa shape index (κ3) is 2.99. The van der Waals surface area contributed by atoms with Gasteiger partial charge in [-0.3, -0.25) is 0 Å². The summed E-state index contributed by atoms with van der Waals surface area (Å²) in [6.07, 6.45) is 0.739. The number of benzene rings is 2. The second-order valence-corrected chi connectivity index (χ2v) is 6.81. The van der Waals surface area contributed by atoms with Gasteiger partial charge < -0.3 is 12.4 Å². The van der Waals surface area contributed by atoms with Crippen LogP contribution in [0, 0.1) is 0 Å². The molecule has 0 aliphatic heterocycles. The van der Waals surface area contributed by atoms with Gasteiger partial charge in [0.25, 0.3) is 0 Å². The second-order valence-electron chi connectivity index (χ2n) is 4.85. The average molecular weight is 343 g/mol. The van der Waals surface area contributed by atoms with Crippen LogP contribution in [0.2, 0.25) is 0 Å². The lowest BCUT2D eigenvalue weighted by Gasteiger charge is -2.01. The van der Waals surface area contributed by atoms with E-state index in [0.717, 1.165) is 12.0 Å². The van der Waals surface area contributed by atoms with Crippen LogP contribution in [0.4, 0.5) is 13.2 Å². The molecule has 2 aromatic carbocycles. The van der Waals surface area contributed by atoms with Crippen molar-refractivity contribution in [1.82, 2.24) is 0 Å². The molecule has 22 heavy (non-hydrogen) atoms. The molecular formula is C17H14ClF3S. The normalized spacial score (nSPS) is 12.3. The Morgan fingerprint density at radius 2 is 1.64 bits per heavy atom. The summed E-state index contributed by atoms with van der Waals surface area (Å²) in [7, 11) is -1.86. The van der Waals surface area contributed by atoms with Crippen molar-refractivity contribution in [1.29, 1.82) is 0 Å². The van der Waals surface area contributed by atoms with Gasteiger partial charge in [0.1, 0.15) is 10.5 Å². The summed E-state index contributed by atoms with van der Waals surface area (Å²) in [5, 5.41) is 0.687. The van der Waals surface area contributed by atoms with Gasteiger partial charge in [-0.05, 0) is 30.2 Å². The minimum absolute atomic E-state index is 0. The van der Waals surface area contributed by atoms with Gasteiger partial charge in [-0.1, -0.05) is 31.2 Å². The number of hydrogen-bond acceptors (Lipinski definition) is 0. The third-order valence-electron chi connectivity index (χ3n) is 3.50. The molecule has 0 saturated carbocycles. The maximum absolute atomic E-state index is 13.6. The summed E-state index contributed by atoms with van der Waals surface area (Å²) in [6.45, 7) is 1.95. The van der Waals surface area contributed by atoms with E-state index >= 15 is 0 Å². The van der Waals surface area contributed by atoms with Crippen LogP contribution < -0.4 is 12.4 Å². The van der Waals surface area contributed by atoms with Gasteiger partial charge in [-0.15, -0.1) is 13.2 Å². The highest BCUT2D eigenvalue weighted by molar-refractivity contribution is 7.41. The summed E-state index contributed by atoms with van der Waals surface area (Å²) in [6, 6.07) is 15.9. The van der Waals surface area contributed by atoms with E-state index in [0.29, 0.717) is 20.5 Å². The zero-order chi connectivity index (χ0) is 15.0. The first-order valence-corrected chi connectivity index (χ1v) is 7.94. The summed E-state index contributed by atoms with van der Waals surface area (Å²) in [5.41, 5.74) is -2.66. The SMILES string of the molecule is CCc1ccc2cc(-c3ccccc3)[s+](C(F)(F)F)c2c1.[Cl-]. The van der Waals surface area contributed by atoms with Crippen LogP contribution in [0.5, 0.6) is 0 Å². The standard InChI is InChI=1S/C17H14F3S.ClH/c1-2-12-8-9-14-11-16(13-6-4-3-5-7-13)21(15(14)10-12)17(18,19)20;/h3-11H,2H2,1H3;1H/q+1;/p-1. The van der Waals surface area contributed by atoms with Crippen molar-refractivity contribution in [3.8, 4) is 10.4 Å². The quantitative estimate of drug-likeness (QED) is 0.627. The van der Waals surface area contributed by atoms with Crippen LogP contribution in [0.3, 0.4) is 0 Å². The molecule has 0 nitrogen and oxygen atoms in total. The molecule has 1 heterocycles. The van der Waals surface area contributed by atoms with E-state index in [9.17, 15) is 13.2 Å². The highest BCUT2D eigenvalue weighted by atomic mass is 35.5. The molecule has 116 valence electrons. The zero-order valence-electron chi connectivity index (χ0n) is 11.8. The molecule has 0 saturated heterocycles. The van der Waals surface area contributed by atoms with Crippen molar-refractivity contribution in [2.24, 2.45) is 0 Å². The Morgan fingerprint density at radius 1 is 0.955 bits per heavy atom. The fraction of sp³-hybridized carbons (Fsp3) is 0.176. The van der Waals surface area contributed by atoms with Crippen LogP contribution in [-0.4, -0.2) is 0 Å². The van der Waals surface area contributed by atoms with E-state index in [4.69, 9.17) is 0 Å². The molecule has 0 fully saturated rings. The Balaban J connectivity index is 0.00000176. The highest BCUT2D eigenvalue weighted by Crippen LogP contribution is 2.54. The maximum Gasteiger partial charge on any atom is 0.601 e. The van der Waals surface area contributed by atoms with Crippen molar-refractivity contribution < 1.29 is 25.6 Å². The number of aryl methyl sites for hydroxylation is 1. The van der Waals surface area contributed by atoms with E-state index in [1.54, 1.807) is 42.5 Å². The van der Waals surface area contributed by atoms with Crippen LogP contribution in [0.15, 0.2) is 54.6 Å². The number of fused-ring (bicyclic) bond motifs is 1. The molecule has 1 aromatic heterocycles. The largest absolute Gasteiger partial charge is 1.00 e. The topological polar surface area (TPSA) is 0 Å². The van der Waals surface area contributed by atoms with Crippen LogP contribution >= 0.6 is 10.5 Å². The van der Waals surface area contributed by atoms with Gasteiger partial charge in [-0.2, -0.15) is 0 Å². The molecule has 0 radical (unpaired) electrons. The third-order valence-corrected chi connectivity index (χ3v) is 5.55. The van der Waals surface area contributed by atoms with E-state index in [2.05, 4.69) is 0 Å². The predicted octanol–water partition coefficient (Wildman–Crippen LogP) is 3.30. The smallest absolute Gasteiger partial charge is 0.601 e. The molecule has 5 heteroatoms. The first-order chi connectivity index (χ1) is 10.0. The molecular weight excluding hydrogens is 329 g/mol. The van der Waals surface area contributed by atoms with Crippen LogP contribution in [0.1, 0.15) is 12.5 Å². The van der Waals surface area contributed by atoms with E-state index < -0.39 is 16.0 Å².